The number of nitrogens with zero attached hydrogens (tertiary/aromatic N) is 2. The molecule has 3 aromatic carbocycles. The van der Waals surface area contributed by atoms with Gasteiger partial charge >= 0.3 is 0 Å². The highest BCUT2D eigenvalue weighted by Gasteiger charge is 2.46. The first kappa shape index (κ1) is 25.1. The Bertz CT molecular complexity index is 1500. The van der Waals surface area contributed by atoms with Crippen molar-refractivity contribution in [2.75, 3.05) is 4.90 Å². The molecule has 0 unspecified atom stereocenters. The summed E-state index contributed by atoms with van der Waals surface area (Å²) in [5.41, 5.74) is 4.13. The number of ketones is 1. The van der Waals surface area contributed by atoms with E-state index in [-0.39, 0.29) is 28.5 Å². The van der Waals surface area contributed by atoms with E-state index in [1.807, 2.05) is 63.2 Å². The molecule has 0 fully saturated rings. The Morgan fingerprint density at radius 1 is 1.00 bits per heavy atom. The lowest BCUT2D eigenvalue weighted by atomic mass is 9.67. The van der Waals surface area contributed by atoms with Gasteiger partial charge in [0.05, 0.1) is 4.92 Å². The molecule has 0 spiro atoms. The molecule has 0 aromatic heterocycles. The molecule has 0 saturated heterocycles. The Balaban J connectivity index is 1.83. The number of rotatable bonds is 4. The van der Waals surface area contributed by atoms with E-state index in [0.717, 1.165) is 11.1 Å². The van der Waals surface area contributed by atoms with E-state index < -0.39 is 10.8 Å². The van der Waals surface area contributed by atoms with Crippen LogP contribution in [-0.4, -0.2) is 21.6 Å². The van der Waals surface area contributed by atoms with E-state index in [1.54, 1.807) is 29.2 Å². The van der Waals surface area contributed by atoms with Gasteiger partial charge in [-0.25, -0.2) is 0 Å². The van der Waals surface area contributed by atoms with Crippen LogP contribution in [-0.2, 0) is 4.79 Å². The van der Waals surface area contributed by atoms with Gasteiger partial charge in [-0.15, -0.1) is 0 Å². The molecule has 7 nitrogen and oxygen atoms in total. The van der Waals surface area contributed by atoms with Gasteiger partial charge in [0.1, 0.15) is 11.6 Å². The number of nitro groups is 1. The average molecular weight is 508 g/mol. The van der Waals surface area contributed by atoms with Crippen molar-refractivity contribution >= 4 is 28.8 Å². The zero-order valence-corrected chi connectivity index (χ0v) is 21.6. The van der Waals surface area contributed by atoms with Crippen LogP contribution in [0.5, 0.6) is 0 Å². The monoisotopic (exact) mass is 507 g/mol. The van der Waals surface area contributed by atoms with E-state index >= 15 is 0 Å². The molecule has 1 atom stereocenters. The number of hydrogen-bond acceptors (Lipinski definition) is 5. The fourth-order valence-corrected chi connectivity index (χ4v) is 5.47. The van der Waals surface area contributed by atoms with Crippen LogP contribution in [0.1, 0.15) is 49.3 Å². The van der Waals surface area contributed by atoms with Crippen molar-refractivity contribution in [1.29, 1.82) is 5.41 Å². The number of aliphatic hydroxyl groups is 1. The van der Waals surface area contributed by atoms with Crippen molar-refractivity contribution in [3.63, 3.8) is 0 Å². The lowest BCUT2D eigenvalue weighted by molar-refractivity contribution is -0.384. The number of carbonyl (C=O) groups excluding carboxylic acids is 1. The van der Waals surface area contributed by atoms with Crippen molar-refractivity contribution < 1.29 is 14.8 Å². The smallest absolute Gasteiger partial charge is 0.269 e. The summed E-state index contributed by atoms with van der Waals surface area (Å²) in [6.45, 7) is 6.04. The molecule has 2 aliphatic rings. The Hall–Kier alpha value is -4.52. The van der Waals surface area contributed by atoms with Gasteiger partial charge in [0.2, 0.25) is 0 Å². The highest BCUT2D eigenvalue weighted by atomic mass is 16.6. The second-order valence-electron chi connectivity index (χ2n) is 10.7. The fourth-order valence-electron chi connectivity index (χ4n) is 5.47. The summed E-state index contributed by atoms with van der Waals surface area (Å²) < 4.78 is 0. The first-order valence-corrected chi connectivity index (χ1v) is 12.5. The van der Waals surface area contributed by atoms with E-state index in [1.165, 1.54) is 12.1 Å². The third kappa shape index (κ3) is 4.41. The number of nitro benzene ring substituents is 1. The van der Waals surface area contributed by atoms with Crippen molar-refractivity contribution in [3.05, 3.63) is 123 Å². The average Bonchev–Trinajstić information content (AvgIpc) is 2.88. The topological polar surface area (TPSA) is 108 Å². The van der Waals surface area contributed by atoms with Crippen LogP contribution in [0.3, 0.4) is 0 Å². The van der Waals surface area contributed by atoms with Crippen LogP contribution in [0.15, 0.2) is 95.7 Å². The van der Waals surface area contributed by atoms with E-state index in [9.17, 15) is 25.4 Å². The summed E-state index contributed by atoms with van der Waals surface area (Å²) >= 11 is 0. The number of nitrogens with one attached hydrogen (secondary N) is 1. The van der Waals surface area contributed by atoms with Gasteiger partial charge in [-0.2, -0.15) is 0 Å². The molecule has 0 saturated carbocycles. The van der Waals surface area contributed by atoms with Gasteiger partial charge in [0.25, 0.3) is 5.69 Å². The van der Waals surface area contributed by atoms with Crippen LogP contribution in [0.25, 0.3) is 5.76 Å². The van der Waals surface area contributed by atoms with Gasteiger partial charge < -0.3 is 5.11 Å². The quantitative estimate of drug-likeness (QED) is 0.223. The lowest BCUT2D eigenvalue weighted by Gasteiger charge is -2.45. The van der Waals surface area contributed by atoms with Gasteiger partial charge in [0.15, 0.2) is 5.78 Å². The number of non-ortho nitro benzene ring substituents is 1. The number of carbonyl (C=O) groups is 1. The second kappa shape index (κ2) is 9.41. The van der Waals surface area contributed by atoms with Crippen molar-refractivity contribution in [3.8, 4) is 0 Å². The number of hydrogen-bond donors (Lipinski definition) is 2. The molecule has 1 aliphatic heterocycles. The zero-order chi connectivity index (χ0) is 27.2. The number of allylic oxidation sites excluding steroid dienone is 2. The molecule has 1 heterocycles. The number of amidine groups is 1. The number of Topliss-reactive ketones (excluding diaryl/α,β-unsaturated/α-hetero) is 1. The maximum Gasteiger partial charge on any atom is 0.269 e. The van der Waals surface area contributed by atoms with Crippen molar-refractivity contribution in [2.24, 2.45) is 5.41 Å². The predicted molar refractivity (Wildman–Crippen MR) is 148 cm³/mol. The molecular weight excluding hydrogens is 478 g/mol. The Kier molecular flexibility index (Phi) is 6.23. The second-order valence-corrected chi connectivity index (χ2v) is 10.7. The molecule has 5 rings (SSSR count). The molecule has 0 amide bonds. The predicted octanol–water partition coefficient (Wildman–Crippen LogP) is 7.10. The molecule has 1 aliphatic carbocycles. The van der Waals surface area contributed by atoms with Crippen LogP contribution < -0.4 is 4.90 Å². The normalized spacial score (nSPS) is 20.3. The van der Waals surface area contributed by atoms with Crippen molar-refractivity contribution in [1.82, 2.24) is 0 Å². The molecular formula is C31H29N3O4. The van der Waals surface area contributed by atoms with Crippen molar-refractivity contribution in [2.45, 2.75) is 39.5 Å². The molecule has 7 heteroatoms. The van der Waals surface area contributed by atoms with Gasteiger partial charge in [-0.05, 0) is 36.5 Å². The van der Waals surface area contributed by atoms with E-state index in [0.29, 0.717) is 40.9 Å². The summed E-state index contributed by atoms with van der Waals surface area (Å²) in [5.74, 6) is -0.692. The lowest BCUT2D eigenvalue weighted by Crippen LogP contribution is -2.45. The highest BCUT2D eigenvalue weighted by Crippen LogP contribution is 2.51. The Morgan fingerprint density at radius 2 is 1.63 bits per heavy atom. The maximum atomic E-state index is 13.9. The minimum atomic E-state index is -0.629. The molecule has 192 valence electrons. The van der Waals surface area contributed by atoms with Gasteiger partial charge in [-0.1, -0.05) is 74.0 Å². The van der Waals surface area contributed by atoms with E-state index in [4.69, 9.17) is 0 Å². The molecule has 38 heavy (non-hydrogen) atoms. The summed E-state index contributed by atoms with van der Waals surface area (Å²) in [6, 6.07) is 22.8. The van der Waals surface area contributed by atoms with Gasteiger partial charge in [-0.3, -0.25) is 25.2 Å². The third-order valence-corrected chi connectivity index (χ3v) is 7.25. The largest absolute Gasteiger partial charge is 0.507 e. The molecule has 0 radical (unpaired) electrons. The van der Waals surface area contributed by atoms with Crippen LogP contribution in [0.2, 0.25) is 0 Å². The summed E-state index contributed by atoms with van der Waals surface area (Å²) in [6.07, 6.45) is 0.879. The third-order valence-electron chi connectivity index (χ3n) is 7.25. The Morgan fingerprint density at radius 3 is 2.24 bits per heavy atom. The summed E-state index contributed by atoms with van der Waals surface area (Å²) in [7, 11) is 0. The first-order chi connectivity index (χ1) is 18.1. The number of aryl methyl sites for hydroxylation is 1. The first-order valence-electron chi connectivity index (χ1n) is 12.5. The van der Waals surface area contributed by atoms with Crippen LogP contribution in [0.4, 0.5) is 11.4 Å². The zero-order valence-electron chi connectivity index (χ0n) is 21.6. The molecule has 0 bridgehead atoms. The summed E-state index contributed by atoms with van der Waals surface area (Å²) in [4.78, 5) is 26.4. The number of aliphatic hydroxyl groups excluding tert-OH is 1. The SMILES string of the molecule is Cc1ccc([C@@H]2C(=C(O)c3ccccc3)C(=N)N(c3ccc([N+](=O)[O-])cc3)C3=C2C(=O)CC(C)(C)C3)cc1. The maximum absolute atomic E-state index is 13.9. The minimum absolute atomic E-state index is 0.0281. The Labute approximate surface area is 221 Å². The molecule has 3 aromatic rings. The van der Waals surface area contributed by atoms with E-state index in [2.05, 4.69) is 0 Å². The minimum Gasteiger partial charge on any atom is -0.507 e. The fraction of sp³-hybridized carbons (Fsp3) is 0.226. The highest BCUT2D eigenvalue weighted by molar-refractivity contribution is 6.19. The summed E-state index contributed by atoms with van der Waals surface area (Å²) in [5, 5.41) is 32.4. The van der Waals surface area contributed by atoms with Crippen LogP contribution in [0, 0.1) is 27.9 Å². The van der Waals surface area contributed by atoms with Crippen LogP contribution >= 0.6 is 0 Å². The van der Waals surface area contributed by atoms with Gasteiger partial charge in [0, 0.05) is 52.6 Å². The number of anilines is 1. The molecule has 2 N–H and O–H groups in total. The number of benzene rings is 3. The standard InChI is InChI=1S/C31H29N3O4/c1-19-9-11-20(12-10-19)26-27-24(17-31(2,3)18-25(27)35)33(22-13-15-23(16-14-22)34(37)38)30(32)28(26)29(36)21-7-5-4-6-8-21/h4-16,26,32,36H,17-18H2,1-3H3/t26-/m0/s1.